The van der Waals surface area contributed by atoms with Crippen LogP contribution in [0.5, 0.6) is 0 Å². The number of hydrogen-bond acceptors (Lipinski definition) is 15. The van der Waals surface area contributed by atoms with Gasteiger partial charge in [0.2, 0.25) is 0 Å². The summed E-state index contributed by atoms with van der Waals surface area (Å²) in [4.78, 5) is 72.7. The average molecular weight is 1350 g/mol. The summed E-state index contributed by atoms with van der Waals surface area (Å²) in [5.41, 5.74) is 0. The highest BCUT2D eigenvalue weighted by Gasteiger charge is 2.30. The first-order chi connectivity index (χ1) is 44.3. The predicted molar refractivity (Wildman–Crippen MR) is 372 cm³/mol. The Morgan fingerprint density at radius 2 is 0.554 bits per heavy atom. The van der Waals surface area contributed by atoms with Gasteiger partial charge in [-0.2, -0.15) is 0 Å². The van der Waals surface area contributed by atoms with Gasteiger partial charge in [-0.1, -0.05) is 318 Å². The Bertz CT molecular complexity index is 1800. The molecular weight excluding hydrogens is 1210 g/mol. The van der Waals surface area contributed by atoms with Crippen LogP contribution in [0.2, 0.25) is 0 Å². The summed E-state index contributed by atoms with van der Waals surface area (Å²) in [7, 11) is -9.91. The second kappa shape index (κ2) is 63.8. The van der Waals surface area contributed by atoms with Crippen LogP contribution in [-0.2, 0) is 65.4 Å². The van der Waals surface area contributed by atoms with E-state index in [-0.39, 0.29) is 25.7 Å². The van der Waals surface area contributed by atoms with Crippen molar-refractivity contribution in [1.82, 2.24) is 0 Å². The molecule has 546 valence electrons. The zero-order valence-corrected chi connectivity index (χ0v) is 61.8. The molecule has 0 saturated carbocycles. The molecule has 0 bridgehead atoms. The van der Waals surface area contributed by atoms with Crippen molar-refractivity contribution in [1.29, 1.82) is 0 Å². The van der Waals surface area contributed by atoms with Gasteiger partial charge in [0.05, 0.1) is 26.4 Å². The van der Waals surface area contributed by atoms with Gasteiger partial charge in [0.1, 0.15) is 19.3 Å². The van der Waals surface area contributed by atoms with Crippen LogP contribution in [-0.4, -0.2) is 96.7 Å². The molecule has 92 heavy (non-hydrogen) atoms. The molecule has 0 spiro atoms. The van der Waals surface area contributed by atoms with Crippen LogP contribution in [0.15, 0.2) is 0 Å². The van der Waals surface area contributed by atoms with Gasteiger partial charge in [-0.15, -0.1) is 0 Å². The van der Waals surface area contributed by atoms with Crippen LogP contribution >= 0.6 is 15.6 Å². The van der Waals surface area contributed by atoms with Crippen molar-refractivity contribution >= 4 is 39.5 Å². The number of esters is 4. The third-order valence-corrected chi connectivity index (χ3v) is 19.1. The van der Waals surface area contributed by atoms with Gasteiger partial charge in [0.25, 0.3) is 0 Å². The zero-order chi connectivity index (χ0) is 68.0. The average Bonchev–Trinajstić information content (AvgIpc) is 2.24. The Kier molecular flexibility index (Phi) is 62.4. The highest BCUT2D eigenvalue weighted by atomic mass is 31.2. The zero-order valence-electron chi connectivity index (χ0n) is 60.0. The maximum absolute atomic E-state index is 13.1. The summed E-state index contributed by atoms with van der Waals surface area (Å²) in [6.07, 6.45) is 48.4. The van der Waals surface area contributed by atoms with Crippen molar-refractivity contribution in [3.63, 3.8) is 0 Å². The smallest absolute Gasteiger partial charge is 0.462 e. The molecule has 0 saturated heterocycles. The van der Waals surface area contributed by atoms with Crippen molar-refractivity contribution in [3.05, 3.63) is 0 Å². The highest BCUT2D eigenvalue weighted by molar-refractivity contribution is 7.47. The first-order valence-corrected chi connectivity index (χ1v) is 40.9. The SMILES string of the molecule is CCCCCCCCCCCCCCC(=O)OC[C@H](COP(=O)(O)OC[C@H](O)COP(=O)(O)OC[C@@H](COC(=O)CCCCCCCCCCCCC(C)C)OC(=O)CCCCCCCCCCCCCCC(C)C)OC(=O)CCCCCCCCCCC(C)CC. The number of phosphoric acid groups is 2. The number of ether oxygens (including phenoxy) is 4. The highest BCUT2D eigenvalue weighted by Crippen LogP contribution is 2.45. The van der Waals surface area contributed by atoms with Crippen LogP contribution in [0.1, 0.15) is 370 Å². The Morgan fingerprint density at radius 3 is 0.826 bits per heavy atom. The molecule has 3 unspecified atom stereocenters. The lowest BCUT2D eigenvalue weighted by Crippen LogP contribution is -2.30. The molecule has 17 nitrogen and oxygen atoms in total. The van der Waals surface area contributed by atoms with Crippen LogP contribution in [0, 0.1) is 17.8 Å². The Morgan fingerprint density at radius 1 is 0.315 bits per heavy atom. The maximum atomic E-state index is 13.1. The first-order valence-electron chi connectivity index (χ1n) is 37.9. The van der Waals surface area contributed by atoms with E-state index in [1.165, 1.54) is 180 Å². The van der Waals surface area contributed by atoms with Crippen LogP contribution < -0.4 is 0 Å². The molecular formula is C73H142O17P2. The lowest BCUT2D eigenvalue weighted by molar-refractivity contribution is -0.161. The second-order valence-corrected chi connectivity index (χ2v) is 30.4. The van der Waals surface area contributed by atoms with E-state index in [0.29, 0.717) is 25.7 Å². The van der Waals surface area contributed by atoms with E-state index >= 15 is 0 Å². The van der Waals surface area contributed by atoms with Gasteiger partial charge in [0, 0.05) is 25.7 Å². The van der Waals surface area contributed by atoms with E-state index in [2.05, 4.69) is 48.5 Å². The van der Waals surface area contributed by atoms with Crippen molar-refractivity contribution in [3.8, 4) is 0 Å². The molecule has 0 aliphatic carbocycles. The van der Waals surface area contributed by atoms with Crippen molar-refractivity contribution in [2.75, 3.05) is 39.6 Å². The van der Waals surface area contributed by atoms with E-state index in [1.807, 2.05) is 0 Å². The summed E-state index contributed by atoms with van der Waals surface area (Å²) in [5.74, 6) is 0.183. The quantitative estimate of drug-likeness (QED) is 0.0222. The Balaban J connectivity index is 5.27. The first kappa shape index (κ1) is 90.1. The van der Waals surface area contributed by atoms with Crippen LogP contribution in [0.3, 0.4) is 0 Å². The number of aliphatic hydroxyl groups excluding tert-OH is 1. The summed E-state index contributed by atoms with van der Waals surface area (Å²) in [5, 5.41) is 10.6. The molecule has 0 rings (SSSR count). The van der Waals surface area contributed by atoms with Gasteiger partial charge in [0.15, 0.2) is 12.2 Å². The molecule has 19 heteroatoms. The van der Waals surface area contributed by atoms with Gasteiger partial charge >= 0.3 is 39.5 Å². The molecule has 0 radical (unpaired) electrons. The standard InChI is InChI=1S/C73H142O17P2/c1-8-10-11-12-13-14-15-19-25-33-40-47-54-70(75)83-61-69(90-73(78)57-50-43-36-29-28-32-39-46-53-66(7)9-2)63-88-92(81,82)86-59-67(74)58-85-91(79,80)87-62-68(60-84-71(76)55-48-41-34-26-22-21-24-31-38-45-52-65(5)6)89-72(77)56-49-42-35-27-20-17-16-18-23-30-37-44-51-64(3)4/h64-69,74H,8-63H2,1-7H3,(H,79,80)(H,81,82)/t66?,67-,68-,69-/m1/s1. The molecule has 0 heterocycles. The van der Waals surface area contributed by atoms with Gasteiger partial charge in [-0.05, 0) is 43.4 Å². The lowest BCUT2D eigenvalue weighted by Gasteiger charge is -2.21. The summed E-state index contributed by atoms with van der Waals surface area (Å²) in [6.45, 7) is 11.9. The monoisotopic (exact) mass is 1350 g/mol. The Labute approximate surface area is 562 Å². The van der Waals surface area contributed by atoms with Gasteiger partial charge in [-0.25, -0.2) is 9.13 Å². The molecule has 0 aromatic heterocycles. The molecule has 0 aliphatic rings. The number of aliphatic hydroxyl groups is 1. The number of phosphoric ester groups is 2. The minimum atomic E-state index is -4.95. The molecule has 0 aromatic carbocycles. The van der Waals surface area contributed by atoms with E-state index in [9.17, 15) is 43.2 Å². The number of rotatable bonds is 71. The van der Waals surface area contributed by atoms with E-state index in [0.717, 1.165) is 108 Å². The number of carbonyl (C=O) groups is 4. The predicted octanol–water partition coefficient (Wildman–Crippen LogP) is 21.0. The third kappa shape index (κ3) is 65.4. The van der Waals surface area contributed by atoms with E-state index in [4.69, 9.17) is 37.0 Å². The van der Waals surface area contributed by atoms with Gasteiger partial charge in [-0.3, -0.25) is 37.3 Å². The molecule has 0 aliphatic heterocycles. The van der Waals surface area contributed by atoms with Crippen molar-refractivity contribution in [2.45, 2.75) is 388 Å². The molecule has 6 atom stereocenters. The lowest BCUT2D eigenvalue weighted by atomic mass is 9.99. The normalized spacial score (nSPS) is 14.4. The Hall–Kier alpha value is -1.94. The van der Waals surface area contributed by atoms with E-state index < -0.39 is 97.5 Å². The van der Waals surface area contributed by atoms with Crippen LogP contribution in [0.4, 0.5) is 0 Å². The number of carbonyl (C=O) groups excluding carboxylic acids is 4. The van der Waals surface area contributed by atoms with Crippen molar-refractivity contribution in [2.24, 2.45) is 17.8 Å². The van der Waals surface area contributed by atoms with Crippen molar-refractivity contribution < 1.29 is 80.2 Å². The fourth-order valence-electron chi connectivity index (χ4n) is 11.0. The summed E-state index contributed by atoms with van der Waals surface area (Å²) >= 11 is 0. The van der Waals surface area contributed by atoms with E-state index in [1.54, 1.807) is 0 Å². The fourth-order valence-corrected chi connectivity index (χ4v) is 12.6. The molecule has 0 amide bonds. The number of unbranched alkanes of at least 4 members (excludes halogenated alkanes) is 38. The molecule has 0 fully saturated rings. The van der Waals surface area contributed by atoms with Gasteiger partial charge < -0.3 is 33.8 Å². The molecule has 0 aromatic rings. The molecule has 3 N–H and O–H groups in total. The third-order valence-electron chi connectivity index (χ3n) is 17.2. The minimum absolute atomic E-state index is 0.105. The minimum Gasteiger partial charge on any atom is -0.462 e. The largest absolute Gasteiger partial charge is 0.472 e. The topological polar surface area (TPSA) is 237 Å². The maximum Gasteiger partial charge on any atom is 0.472 e. The number of hydrogen-bond donors (Lipinski definition) is 3. The second-order valence-electron chi connectivity index (χ2n) is 27.5. The fraction of sp³-hybridized carbons (Fsp3) is 0.945. The van der Waals surface area contributed by atoms with Crippen LogP contribution in [0.25, 0.3) is 0 Å². The summed E-state index contributed by atoms with van der Waals surface area (Å²) in [6, 6.07) is 0. The summed E-state index contributed by atoms with van der Waals surface area (Å²) < 4.78 is 68.4.